The number of benzene rings is 2. The Bertz CT molecular complexity index is 1060. The van der Waals surface area contributed by atoms with Crippen LogP contribution in [0.15, 0.2) is 66.9 Å². The summed E-state index contributed by atoms with van der Waals surface area (Å²) in [5, 5.41) is 12.2. The van der Waals surface area contributed by atoms with Crippen molar-refractivity contribution in [1.82, 2.24) is 10.3 Å². The lowest BCUT2D eigenvalue weighted by atomic mass is 9.98. The SMILES string of the molecule is O=C(N[C@@H](Cc1ccnc(Cl)c1)C(=O)O)OCC1c2ccccc2-c2ccccc21. The number of carbonyl (C=O) groups excluding carboxylic acids is 1. The van der Waals surface area contributed by atoms with Crippen LogP contribution in [0, 0.1) is 0 Å². The van der Waals surface area contributed by atoms with E-state index in [4.69, 9.17) is 16.3 Å². The van der Waals surface area contributed by atoms with Crippen molar-refractivity contribution in [2.24, 2.45) is 0 Å². The first-order valence-electron chi connectivity index (χ1n) is 9.47. The molecule has 0 aliphatic heterocycles. The molecule has 0 saturated heterocycles. The van der Waals surface area contributed by atoms with Gasteiger partial charge < -0.3 is 15.2 Å². The molecule has 1 aliphatic carbocycles. The Hall–Kier alpha value is -3.38. The second-order valence-corrected chi connectivity index (χ2v) is 7.44. The third-order valence-corrected chi connectivity index (χ3v) is 5.37. The molecule has 0 radical (unpaired) electrons. The van der Waals surface area contributed by atoms with Gasteiger partial charge in [-0.3, -0.25) is 0 Å². The topological polar surface area (TPSA) is 88.5 Å². The van der Waals surface area contributed by atoms with Crippen molar-refractivity contribution >= 4 is 23.7 Å². The lowest BCUT2D eigenvalue weighted by Gasteiger charge is -2.17. The maximum atomic E-state index is 12.4. The molecule has 1 aliphatic rings. The van der Waals surface area contributed by atoms with Crippen LogP contribution in [-0.2, 0) is 16.0 Å². The number of fused-ring (bicyclic) bond motifs is 3. The molecule has 0 saturated carbocycles. The summed E-state index contributed by atoms with van der Waals surface area (Å²) >= 11 is 5.85. The zero-order valence-electron chi connectivity index (χ0n) is 15.9. The molecule has 1 aromatic heterocycles. The van der Waals surface area contributed by atoms with E-state index in [1.54, 1.807) is 12.1 Å². The van der Waals surface area contributed by atoms with Crippen molar-refractivity contribution in [3.05, 3.63) is 88.7 Å². The van der Waals surface area contributed by atoms with Gasteiger partial charge in [-0.15, -0.1) is 0 Å². The van der Waals surface area contributed by atoms with Crippen molar-refractivity contribution in [2.75, 3.05) is 6.61 Å². The number of aliphatic carboxylic acids is 1. The van der Waals surface area contributed by atoms with E-state index >= 15 is 0 Å². The van der Waals surface area contributed by atoms with Crippen LogP contribution in [0.5, 0.6) is 0 Å². The van der Waals surface area contributed by atoms with Crippen LogP contribution in [-0.4, -0.2) is 34.8 Å². The molecule has 7 heteroatoms. The van der Waals surface area contributed by atoms with Crippen molar-refractivity contribution in [3.63, 3.8) is 0 Å². The van der Waals surface area contributed by atoms with E-state index in [2.05, 4.69) is 22.4 Å². The second-order valence-electron chi connectivity index (χ2n) is 7.05. The molecule has 2 aromatic carbocycles. The summed E-state index contributed by atoms with van der Waals surface area (Å²) in [7, 11) is 0. The monoisotopic (exact) mass is 422 g/mol. The molecule has 4 rings (SSSR count). The molecule has 2 N–H and O–H groups in total. The minimum Gasteiger partial charge on any atom is -0.480 e. The molecule has 3 aromatic rings. The number of alkyl carbamates (subject to hydrolysis) is 1. The predicted octanol–water partition coefficient (Wildman–Crippen LogP) is 4.27. The number of carbonyl (C=O) groups is 2. The Labute approximate surface area is 178 Å². The van der Waals surface area contributed by atoms with Crippen molar-refractivity contribution in [3.8, 4) is 11.1 Å². The van der Waals surface area contributed by atoms with Gasteiger partial charge in [-0.1, -0.05) is 60.1 Å². The molecule has 0 unspecified atom stereocenters. The quantitative estimate of drug-likeness (QED) is 0.579. The molecule has 0 spiro atoms. The zero-order chi connectivity index (χ0) is 21.1. The number of nitrogens with zero attached hydrogens (tertiary/aromatic N) is 1. The van der Waals surface area contributed by atoms with Crippen LogP contribution in [0.2, 0.25) is 5.15 Å². The zero-order valence-corrected chi connectivity index (χ0v) is 16.7. The second kappa shape index (κ2) is 8.55. The fourth-order valence-electron chi connectivity index (χ4n) is 3.79. The van der Waals surface area contributed by atoms with Gasteiger partial charge in [0.05, 0.1) is 0 Å². The maximum absolute atomic E-state index is 12.4. The van der Waals surface area contributed by atoms with E-state index in [-0.39, 0.29) is 24.1 Å². The number of rotatable bonds is 6. The lowest BCUT2D eigenvalue weighted by molar-refractivity contribution is -0.139. The van der Waals surface area contributed by atoms with Crippen LogP contribution in [0.1, 0.15) is 22.6 Å². The van der Waals surface area contributed by atoms with Crippen LogP contribution in [0.4, 0.5) is 4.79 Å². The van der Waals surface area contributed by atoms with E-state index in [9.17, 15) is 14.7 Å². The van der Waals surface area contributed by atoms with Gasteiger partial charge in [-0.2, -0.15) is 0 Å². The standard InChI is InChI=1S/C23H19ClN2O4/c24-21-12-14(9-10-25-21)11-20(22(27)28)26-23(29)30-13-19-17-7-3-1-5-15(17)16-6-2-4-8-18(16)19/h1-10,12,19-20H,11,13H2,(H,26,29)(H,27,28)/t20-/m0/s1. The van der Waals surface area contributed by atoms with Crippen LogP contribution >= 0.6 is 11.6 Å². The minimum absolute atomic E-state index is 0.0712. The van der Waals surface area contributed by atoms with Crippen LogP contribution < -0.4 is 5.32 Å². The highest BCUT2D eigenvalue weighted by Gasteiger charge is 2.29. The number of carboxylic acid groups (broad SMARTS) is 1. The molecular weight excluding hydrogens is 404 g/mol. The number of halogens is 1. The third-order valence-electron chi connectivity index (χ3n) is 5.16. The number of aromatic nitrogens is 1. The maximum Gasteiger partial charge on any atom is 0.407 e. The van der Waals surface area contributed by atoms with E-state index in [1.165, 1.54) is 6.20 Å². The van der Waals surface area contributed by atoms with E-state index in [0.29, 0.717) is 5.56 Å². The number of carboxylic acids is 1. The highest BCUT2D eigenvalue weighted by atomic mass is 35.5. The van der Waals surface area contributed by atoms with Gasteiger partial charge in [0.15, 0.2) is 0 Å². The van der Waals surface area contributed by atoms with Gasteiger partial charge in [0, 0.05) is 18.5 Å². The molecule has 6 nitrogen and oxygen atoms in total. The van der Waals surface area contributed by atoms with Crippen molar-refractivity contribution in [2.45, 2.75) is 18.4 Å². The summed E-state index contributed by atoms with van der Waals surface area (Å²) in [6, 6.07) is 18.1. The van der Waals surface area contributed by atoms with E-state index in [0.717, 1.165) is 22.3 Å². The Morgan fingerprint density at radius 1 is 1.07 bits per heavy atom. The summed E-state index contributed by atoms with van der Waals surface area (Å²) < 4.78 is 5.43. The van der Waals surface area contributed by atoms with Gasteiger partial charge in [0.2, 0.25) is 0 Å². The highest BCUT2D eigenvalue weighted by Crippen LogP contribution is 2.44. The molecule has 0 fully saturated rings. The summed E-state index contributed by atoms with van der Waals surface area (Å²) in [6.07, 6.45) is 0.787. The first-order chi connectivity index (χ1) is 14.5. The Morgan fingerprint density at radius 2 is 1.70 bits per heavy atom. The number of pyridine rings is 1. The molecular formula is C23H19ClN2O4. The van der Waals surface area contributed by atoms with Gasteiger partial charge in [-0.25, -0.2) is 14.6 Å². The first-order valence-corrected chi connectivity index (χ1v) is 9.85. The Morgan fingerprint density at radius 3 is 2.30 bits per heavy atom. The minimum atomic E-state index is -1.16. The predicted molar refractivity (Wildman–Crippen MR) is 113 cm³/mol. The number of hydrogen-bond donors (Lipinski definition) is 2. The van der Waals surface area contributed by atoms with Crippen molar-refractivity contribution < 1.29 is 19.4 Å². The Kier molecular flexibility index (Phi) is 5.68. The summed E-state index contributed by atoms with van der Waals surface area (Å²) in [5.41, 5.74) is 5.09. The highest BCUT2D eigenvalue weighted by molar-refractivity contribution is 6.29. The largest absolute Gasteiger partial charge is 0.480 e. The fourth-order valence-corrected chi connectivity index (χ4v) is 3.98. The number of amides is 1. The lowest BCUT2D eigenvalue weighted by Crippen LogP contribution is -2.42. The average molecular weight is 423 g/mol. The van der Waals surface area contributed by atoms with Crippen LogP contribution in [0.25, 0.3) is 11.1 Å². The number of ether oxygens (including phenoxy) is 1. The molecule has 1 heterocycles. The number of hydrogen-bond acceptors (Lipinski definition) is 4. The molecule has 152 valence electrons. The van der Waals surface area contributed by atoms with E-state index < -0.39 is 18.1 Å². The van der Waals surface area contributed by atoms with Gasteiger partial charge >= 0.3 is 12.1 Å². The summed E-state index contributed by atoms with van der Waals surface area (Å²) in [6.45, 7) is 0.118. The molecule has 0 bridgehead atoms. The Balaban J connectivity index is 1.43. The molecule has 1 amide bonds. The van der Waals surface area contributed by atoms with Crippen LogP contribution in [0.3, 0.4) is 0 Å². The van der Waals surface area contributed by atoms with Gasteiger partial charge in [-0.05, 0) is 39.9 Å². The van der Waals surface area contributed by atoms with Crippen molar-refractivity contribution in [1.29, 1.82) is 0 Å². The van der Waals surface area contributed by atoms with Gasteiger partial charge in [0.25, 0.3) is 0 Å². The van der Waals surface area contributed by atoms with Gasteiger partial charge in [0.1, 0.15) is 17.8 Å². The molecule has 30 heavy (non-hydrogen) atoms. The fraction of sp³-hybridized carbons (Fsp3) is 0.174. The third kappa shape index (κ3) is 4.14. The smallest absolute Gasteiger partial charge is 0.407 e. The first kappa shape index (κ1) is 19.9. The normalized spacial score (nSPS) is 13.2. The van der Waals surface area contributed by atoms with E-state index in [1.807, 2.05) is 36.4 Å². The molecule has 1 atom stereocenters. The average Bonchev–Trinajstić information content (AvgIpc) is 3.06. The summed E-state index contributed by atoms with van der Waals surface area (Å²) in [5.74, 6) is -1.25. The number of nitrogens with one attached hydrogen (secondary N) is 1. The summed E-state index contributed by atoms with van der Waals surface area (Å²) in [4.78, 5) is 27.8.